The zero-order chi connectivity index (χ0) is 18.7. The van der Waals surface area contributed by atoms with E-state index in [1.807, 2.05) is 31.2 Å². The predicted molar refractivity (Wildman–Crippen MR) is 98.1 cm³/mol. The van der Waals surface area contributed by atoms with Crippen LogP contribution in [0.1, 0.15) is 29.3 Å². The van der Waals surface area contributed by atoms with Crippen LogP contribution in [0.5, 0.6) is 0 Å². The molecule has 26 heavy (non-hydrogen) atoms. The summed E-state index contributed by atoms with van der Waals surface area (Å²) in [5.74, 6) is -1.01. The lowest BCUT2D eigenvalue weighted by atomic mass is 10.2. The van der Waals surface area contributed by atoms with Gasteiger partial charge in [0.1, 0.15) is 6.04 Å². The van der Waals surface area contributed by atoms with Crippen LogP contribution >= 0.6 is 0 Å². The van der Waals surface area contributed by atoms with Crippen LogP contribution in [0.15, 0.2) is 48.5 Å². The van der Waals surface area contributed by atoms with E-state index >= 15 is 0 Å². The van der Waals surface area contributed by atoms with Crippen molar-refractivity contribution in [1.29, 1.82) is 0 Å². The number of nitrogens with one attached hydrogen (secondary N) is 1. The summed E-state index contributed by atoms with van der Waals surface area (Å²) in [6.45, 7) is 4.00. The number of esters is 1. The quantitative estimate of drug-likeness (QED) is 0.661. The molecule has 0 bridgehead atoms. The van der Waals surface area contributed by atoms with E-state index in [2.05, 4.69) is 5.32 Å². The first kappa shape index (κ1) is 17.7. The fraction of sp³-hybridized carbons (Fsp3) is 0.250. The number of hydrogen-bond acceptors (Lipinski definition) is 5. The van der Waals surface area contributed by atoms with Gasteiger partial charge in [0.05, 0.1) is 24.3 Å². The lowest BCUT2D eigenvalue weighted by Crippen LogP contribution is -2.34. The molecule has 0 aromatic heterocycles. The number of aryl methyl sites for hydroxylation is 1. The number of hydrogen-bond donors (Lipinski definition) is 1. The van der Waals surface area contributed by atoms with Crippen molar-refractivity contribution in [3.8, 4) is 0 Å². The van der Waals surface area contributed by atoms with Crippen molar-refractivity contribution in [3.63, 3.8) is 0 Å². The van der Waals surface area contributed by atoms with Gasteiger partial charge in [0.25, 0.3) is 5.91 Å². The van der Waals surface area contributed by atoms with E-state index in [9.17, 15) is 14.4 Å². The third-order valence-corrected chi connectivity index (χ3v) is 4.18. The van der Waals surface area contributed by atoms with Crippen LogP contribution < -0.4 is 10.2 Å². The molecular weight excluding hydrogens is 332 g/mol. The Kier molecular flexibility index (Phi) is 5.02. The molecule has 134 valence electrons. The minimum absolute atomic E-state index is 0.0896. The maximum atomic E-state index is 12.7. The van der Waals surface area contributed by atoms with E-state index in [-0.39, 0.29) is 24.8 Å². The molecule has 1 aliphatic rings. The molecule has 2 aromatic rings. The molecule has 0 unspecified atom stereocenters. The number of imide groups is 1. The van der Waals surface area contributed by atoms with Gasteiger partial charge in [-0.3, -0.25) is 9.59 Å². The maximum absolute atomic E-state index is 12.7. The Morgan fingerprint density at radius 1 is 1.12 bits per heavy atom. The van der Waals surface area contributed by atoms with Crippen molar-refractivity contribution < 1.29 is 19.1 Å². The Hall–Kier alpha value is -3.15. The second kappa shape index (κ2) is 7.39. The van der Waals surface area contributed by atoms with Crippen LogP contribution in [0.4, 0.5) is 11.4 Å². The zero-order valence-electron chi connectivity index (χ0n) is 14.7. The molecule has 0 radical (unpaired) electrons. The van der Waals surface area contributed by atoms with Crippen LogP contribution in [0, 0.1) is 6.92 Å². The highest BCUT2D eigenvalue weighted by Gasteiger charge is 2.39. The highest BCUT2D eigenvalue weighted by Crippen LogP contribution is 2.25. The monoisotopic (exact) mass is 352 g/mol. The lowest BCUT2D eigenvalue weighted by Gasteiger charge is -2.16. The molecule has 2 amide bonds. The average molecular weight is 352 g/mol. The number of amides is 2. The topological polar surface area (TPSA) is 75.7 Å². The van der Waals surface area contributed by atoms with Gasteiger partial charge >= 0.3 is 5.97 Å². The van der Waals surface area contributed by atoms with Crippen LogP contribution in [-0.4, -0.2) is 30.4 Å². The first-order valence-corrected chi connectivity index (χ1v) is 8.46. The molecule has 1 fully saturated rings. The maximum Gasteiger partial charge on any atom is 0.338 e. The number of benzene rings is 2. The van der Waals surface area contributed by atoms with Crippen LogP contribution in [0.25, 0.3) is 0 Å². The molecule has 3 rings (SSSR count). The first-order valence-electron chi connectivity index (χ1n) is 8.46. The minimum Gasteiger partial charge on any atom is -0.462 e. The number of nitrogens with zero attached hydrogens (tertiary/aromatic N) is 1. The van der Waals surface area contributed by atoms with Crippen LogP contribution in [-0.2, 0) is 14.3 Å². The van der Waals surface area contributed by atoms with Crippen molar-refractivity contribution in [2.24, 2.45) is 0 Å². The molecule has 1 atom stereocenters. The number of rotatable bonds is 5. The second-order valence-corrected chi connectivity index (χ2v) is 6.10. The van der Waals surface area contributed by atoms with Gasteiger partial charge in [-0.1, -0.05) is 17.7 Å². The van der Waals surface area contributed by atoms with E-state index in [0.717, 1.165) is 16.2 Å². The fourth-order valence-corrected chi connectivity index (χ4v) is 2.83. The van der Waals surface area contributed by atoms with Crippen molar-refractivity contribution in [2.75, 3.05) is 16.8 Å². The van der Waals surface area contributed by atoms with Gasteiger partial charge in [-0.2, -0.15) is 0 Å². The standard InChI is InChI=1S/C20H20N2O4/c1-3-26-20(25)14-6-10-16(11-7-14)22-18(23)12-17(19(22)24)21-15-8-4-13(2)5-9-15/h4-11,17,21H,3,12H2,1-2H3/t17-/m0/s1. The average Bonchev–Trinajstić information content (AvgIpc) is 2.91. The number of anilines is 2. The summed E-state index contributed by atoms with van der Waals surface area (Å²) in [7, 11) is 0. The van der Waals surface area contributed by atoms with Gasteiger partial charge in [0.2, 0.25) is 5.91 Å². The van der Waals surface area contributed by atoms with Gasteiger partial charge in [-0.25, -0.2) is 9.69 Å². The predicted octanol–water partition coefficient (Wildman–Crippen LogP) is 2.92. The summed E-state index contributed by atoms with van der Waals surface area (Å²) < 4.78 is 4.93. The molecule has 1 heterocycles. The minimum atomic E-state index is -0.602. The lowest BCUT2D eigenvalue weighted by molar-refractivity contribution is -0.121. The Morgan fingerprint density at radius 2 is 1.77 bits per heavy atom. The molecule has 1 N–H and O–H groups in total. The summed E-state index contributed by atoms with van der Waals surface area (Å²) in [5, 5.41) is 3.11. The third kappa shape index (κ3) is 3.59. The second-order valence-electron chi connectivity index (χ2n) is 6.10. The number of carbonyl (C=O) groups is 3. The SMILES string of the molecule is CCOC(=O)c1ccc(N2C(=O)C[C@H](Nc3ccc(C)cc3)C2=O)cc1. The molecule has 6 nitrogen and oxygen atoms in total. The van der Waals surface area contributed by atoms with Gasteiger partial charge < -0.3 is 10.1 Å². The number of carbonyl (C=O) groups excluding carboxylic acids is 3. The Labute approximate surface area is 151 Å². The summed E-state index contributed by atoms with van der Waals surface area (Å²) >= 11 is 0. The summed E-state index contributed by atoms with van der Waals surface area (Å²) in [6, 6.07) is 13.3. The van der Waals surface area contributed by atoms with Gasteiger partial charge in [0, 0.05) is 5.69 Å². The normalized spacial score (nSPS) is 16.7. The molecule has 0 aliphatic carbocycles. The van der Waals surface area contributed by atoms with Gasteiger partial charge in [-0.15, -0.1) is 0 Å². The van der Waals surface area contributed by atoms with E-state index < -0.39 is 12.0 Å². The molecule has 2 aromatic carbocycles. The van der Waals surface area contributed by atoms with E-state index in [1.54, 1.807) is 31.2 Å². The molecule has 1 aliphatic heterocycles. The Bertz CT molecular complexity index is 828. The number of ether oxygens (including phenoxy) is 1. The first-order chi connectivity index (χ1) is 12.5. The molecular formula is C20H20N2O4. The van der Waals surface area contributed by atoms with Crippen LogP contribution in [0.3, 0.4) is 0 Å². The highest BCUT2D eigenvalue weighted by atomic mass is 16.5. The Balaban J connectivity index is 1.74. The summed E-state index contributed by atoms with van der Waals surface area (Å²) in [6.07, 6.45) is 0.0896. The largest absolute Gasteiger partial charge is 0.462 e. The fourth-order valence-electron chi connectivity index (χ4n) is 2.83. The van der Waals surface area contributed by atoms with E-state index in [0.29, 0.717) is 11.3 Å². The van der Waals surface area contributed by atoms with Crippen molar-refractivity contribution >= 4 is 29.2 Å². The van der Waals surface area contributed by atoms with Crippen molar-refractivity contribution in [1.82, 2.24) is 0 Å². The molecule has 0 saturated carbocycles. The summed E-state index contributed by atoms with van der Waals surface area (Å²) in [4.78, 5) is 37.9. The van der Waals surface area contributed by atoms with Crippen LogP contribution in [0.2, 0.25) is 0 Å². The molecule has 0 spiro atoms. The summed E-state index contributed by atoms with van der Waals surface area (Å²) in [5.41, 5.74) is 2.74. The Morgan fingerprint density at radius 3 is 2.38 bits per heavy atom. The zero-order valence-corrected chi connectivity index (χ0v) is 14.7. The van der Waals surface area contributed by atoms with Crippen molar-refractivity contribution in [2.45, 2.75) is 26.3 Å². The van der Waals surface area contributed by atoms with Gasteiger partial charge in [-0.05, 0) is 50.2 Å². The van der Waals surface area contributed by atoms with Crippen molar-refractivity contribution in [3.05, 3.63) is 59.7 Å². The van der Waals surface area contributed by atoms with E-state index in [4.69, 9.17) is 4.74 Å². The van der Waals surface area contributed by atoms with Gasteiger partial charge in [0.15, 0.2) is 0 Å². The van der Waals surface area contributed by atoms with E-state index in [1.165, 1.54) is 0 Å². The molecule has 1 saturated heterocycles. The molecule has 6 heteroatoms. The smallest absolute Gasteiger partial charge is 0.338 e. The third-order valence-electron chi connectivity index (χ3n) is 4.18. The highest BCUT2D eigenvalue weighted by molar-refractivity contribution is 6.23.